The van der Waals surface area contributed by atoms with Gasteiger partial charge in [0.1, 0.15) is 17.5 Å². The Hall–Kier alpha value is -4.45. The van der Waals surface area contributed by atoms with E-state index in [0.29, 0.717) is 18.2 Å². The van der Waals surface area contributed by atoms with E-state index in [2.05, 4.69) is 15.4 Å². The smallest absolute Gasteiger partial charge is 0.220 e. The molecule has 3 aromatic rings. The lowest BCUT2D eigenvalue weighted by Gasteiger charge is -2.19. The Morgan fingerprint density at radius 2 is 1.71 bits per heavy atom. The summed E-state index contributed by atoms with van der Waals surface area (Å²) in [4.78, 5) is 33.3. The summed E-state index contributed by atoms with van der Waals surface area (Å²) < 4.78 is 1.77. The zero-order chi connectivity index (χ0) is 25.1. The van der Waals surface area contributed by atoms with Crippen LogP contribution in [0.5, 0.6) is 0 Å². The Balaban J connectivity index is 1.34. The van der Waals surface area contributed by atoms with E-state index < -0.39 is 0 Å². The molecule has 178 valence electrons. The Morgan fingerprint density at radius 1 is 1.03 bits per heavy atom. The number of carbonyl (C=O) groups excluding carboxylic acids is 2. The number of aryl methyl sites for hydroxylation is 2. The first-order valence-electron chi connectivity index (χ1n) is 11.3. The van der Waals surface area contributed by atoms with Crippen molar-refractivity contribution in [1.82, 2.24) is 20.1 Å². The summed E-state index contributed by atoms with van der Waals surface area (Å²) in [5.74, 6) is 0.602. The Labute approximate surface area is 204 Å². The van der Waals surface area contributed by atoms with Gasteiger partial charge >= 0.3 is 0 Å². The summed E-state index contributed by atoms with van der Waals surface area (Å²) in [7, 11) is 3.65. The first-order chi connectivity index (χ1) is 16.8. The second kappa shape index (κ2) is 9.81. The van der Waals surface area contributed by atoms with Crippen molar-refractivity contribution in [2.75, 3.05) is 23.9 Å². The van der Waals surface area contributed by atoms with Gasteiger partial charge in [0.15, 0.2) is 11.6 Å². The van der Waals surface area contributed by atoms with Crippen molar-refractivity contribution in [3.05, 3.63) is 77.0 Å². The molecule has 0 saturated carbocycles. The van der Waals surface area contributed by atoms with Gasteiger partial charge in [-0.3, -0.25) is 9.59 Å². The minimum absolute atomic E-state index is 0.00502. The zero-order valence-corrected chi connectivity index (χ0v) is 20.2. The van der Waals surface area contributed by atoms with Gasteiger partial charge in [-0.25, -0.2) is 9.67 Å². The molecule has 1 N–H and O–H groups in total. The normalized spacial score (nSPS) is 12.4. The van der Waals surface area contributed by atoms with Crippen molar-refractivity contribution in [1.29, 1.82) is 5.26 Å². The standard InChI is InChI=1S/C26H27N7O2/c1-17-13-18(2)33(30-17)24-11-9-19(15-28-24)16-29-25(35)12-10-23(34)20(14-27)26-31(3)21-7-5-6-8-22(21)32(26)4/h5-9,11,13,15H,10,12,16H2,1-4H3,(H,29,35). The molecular formula is C26H27N7O2. The number of rotatable bonds is 7. The van der Waals surface area contributed by atoms with Crippen LogP contribution >= 0.6 is 0 Å². The topological polar surface area (TPSA) is 107 Å². The average molecular weight is 470 g/mol. The number of amides is 1. The third-order valence-electron chi connectivity index (χ3n) is 5.96. The highest BCUT2D eigenvalue weighted by Crippen LogP contribution is 2.40. The number of nitrogens with one attached hydrogen (secondary N) is 1. The maximum atomic E-state index is 12.9. The first kappa shape index (κ1) is 23.7. The van der Waals surface area contributed by atoms with Crippen LogP contribution in [-0.4, -0.2) is 40.6 Å². The SMILES string of the molecule is Cc1cc(C)n(-c2ccc(CNC(=O)CCC(=O)C(C#N)=C3N(C)c4ccccc4N3C)cn2)n1. The van der Waals surface area contributed by atoms with Crippen LogP contribution in [0.15, 0.2) is 60.1 Å². The van der Waals surface area contributed by atoms with Gasteiger partial charge in [-0.05, 0) is 43.7 Å². The van der Waals surface area contributed by atoms with Crippen molar-refractivity contribution in [2.24, 2.45) is 0 Å². The number of ketones is 1. The van der Waals surface area contributed by atoms with Crippen LogP contribution in [0.25, 0.3) is 5.82 Å². The van der Waals surface area contributed by atoms with Crippen LogP contribution in [0.4, 0.5) is 11.4 Å². The molecule has 0 saturated heterocycles. The fraction of sp³-hybridized carbons (Fsp3) is 0.269. The third-order valence-corrected chi connectivity index (χ3v) is 5.96. The molecule has 0 unspecified atom stereocenters. The summed E-state index contributed by atoms with van der Waals surface area (Å²) >= 11 is 0. The molecule has 0 aliphatic carbocycles. The van der Waals surface area contributed by atoms with E-state index in [-0.39, 0.29) is 30.1 Å². The van der Waals surface area contributed by atoms with Crippen molar-refractivity contribution in [3.63, 3.8) is 0 Å². The molecule has 35 heavy (non-hydrogen) atoms. The van der Waals surface area contributed by atoms with Crippen LogP contribution in [0.1, 0.15) is 29.8 Å². The van der Waals surface area contributed by atoms with Crippen molar-refractivity contribution >= 4 is 23.1 Å². The maximum Gasteiger partial charge on any atom is 0.220 e. The minimum atomic E-state index is -0.361. The van der Waals surface area contributed by atoms with Gasteiger partial charge in [0, 0.05) is 45.4 Å². The Morgan fingerprint density at radius 3 is 2.26 bits per heavy atom. The number of Topliss-reactive ketones (excluding diaryl/α,β-unsaturated/α-hetero) is 1. The molecule has 0 fully saturated rings. The Kier molecular flexibility index (Phi) is 6.64. The quantitative estimate of drug-likeness (QED) is 0.418. The molecule has 1 amide bonds. The number of carbonyl (C=O) groups is 2. The molecule has 1 aromatic carbocycles. The molecular weight excluding hydrogens is 442 g/mol. The number of aromatic nitrogens is 3. The lowest BCUT2D eigenvalue weighted by molar-refractivity contribution is -0.124. The van der Waals surface area contributed by atoms with Crippen LogP contribution < -0.4 is 15.1 Å². The van der Waals surface area contributed by atoms with Gasteiger partial charge in [-0.2, -0.15) is 10.4 Å². The van der Waals surface area contributed by atoms with E-state index in [1.165, 1.54) is 0 Å². The molecule has 9 heteroatoms. The van der Waals surface area contributed by atoms with E-state index in [0.717, 1.165) is 28.3 Å². The van der Waals surface area contributed by atoms with E-state index >= 15 is 0 Å². The van der Waals surface area contributed by atoms with Crippen LogP contribution in [0, 0.1) is 25.2 Å². The summed E-state index contributed by atoms with van der Waals surface area (Å²) in [6, 6.07) is 15.4. The van der Waals surface area contributed by atoms with E-state index in [1.54, 1.807) is 10.9 Å². The molecule has 0 atom stereocenters. The van der Waals surface area contributed by atoms with Crippen LogP contribution in [0.3, 0.4) is 0 Å². The highest BCUT2D eigenvalue weighted by Gasteiger charge is 2.31. The van der Waals surface area contributed by atoms with E-state index in [4.69, 9.17) is 0 Å². The number of nitrogens with zero attached hydrogens (tertiary/aromatic N) is 6. The van der Waals surface area contributed by atoms with Crippen molar-refractivity contribution in [3.8, 4) is 11.9 Å². The molecule has 1 aliphatic rings. The number of hydrogen-bond acceptors (Lipinski definition) is 7. The van der Waals surface area contributed by atoms with Gasteiger partial charge in [-0.15, -0.1) is 0 Å². The molecule has 9 nitrogen and oxygen atoms in total. The number of nitriles is 1. The summed E-state index contributed by atoms with van der Waals surface area (Å²) in [5.41, 5.74) is 4.62. The summed E-state index contributed by atoms with van der Waals surface area (Å²) in [5, 5.41) is 16.9. The Bertz CT molecular complexity index is 1320. The fourth-order valence-corrected chi connectivity index (χ4v) is 4.21. The summed E-state index contributed by atoms with van der Waals surface area (Å²) in [6.45, 7) is 4.19. The minimum Gasteiger partial charge on any atom is -0.352 e. The zero-order valence-electron chi connectivity index (χ0n) is 20.2. The fourth-order valence-electron chi connectivity index (χ4n) is 4.21. The van der Waals surface area contributed by atoms with Gasteiger partial charge in [0.2, 0.25) is 5.91 Å². The summed E-state index contributed by atoms with van der Waals surface area (Å²) in [6.07, 6.45) is 1.64. The lowest BCUT2D eigenvalue weighted by Crippen LogP contribution is -2.27. The highest BCUT2D eigenvalue weighted by molar-refractivity contribution is 6.03. The second-order valence-electron chi connectivity index (χ2n) is 8.48. The van der Waals surface area contributed by atoms with Crippen LogP contribution in [-0.2, 0) is 16.1 Å². The predicted molar refractivity (Wildman–Crippen MR) is 133 cm³/mol. The number of anilines is 2. The number of allylic oxidation sites excluding steroid dienone is 1. The molecule has 0 bridgehead atoms. The number of fused-ring (bicyclic) bond motifs is 1. The van der Waals surface area contributed by atoms with Gasteiger partial charge < -0.3 is 15.1 Å². The lowest BCUT2D eigenvalue weighted by atomic mass is 10.1. The maximum absolute atomic E-state index is 12.9. The third kappa shape index (κ3) is 4.77. The van der Waals surface area contributed by atoms with Crippen molar-refractivity contribution < 1.29 is 9.59 Å². The average Bonchev–Trinajstić information content (AvgIpc) is 3.33. The molecule has 1 aliphatic heterocycles. The largest absolute Gasteiger partial charge is 0.352 e. The number of para-hydroxylation sites is 2. The van der Waals surface area contributed by atoms with E-state index in [1.807, 2.05) is 86.3 Å². The van der Waals surface area contributed by atoms with Crippen LogP contribution in [0.2, 0.25) is 0 Å². The number of hydrogen-bond donors (Lipinski definition) is 1. The predicted octanol–water partition coefficient (Wildman–Crippen LogP) is 3.17. The van der Waals surface area contributed by atoms with Gasteiger partial charge in [-0.1, -0.05) is 18.2 Å². The first-order valence-corrected chi connectivity index (χ1v) is 11.3. The molecule has 3 heterocycles. The molecule has 0 spiro atoms. The van der Waals surface area contributed by atoms with Gasteiger partial charge in [0.05, 0.1) is 17.1 Å². The number of benzene rings is 1. The van der Waals surface area contributed by atoms with E-state index in [9.17, 15) is 14.9 Å². The monoisotopic (exact) mass is 469 g/mol. The van der Waals surface area contributed by atoms with Crippen molar-refractivity contribution in [2.45, 2.75) is 33.2 Å². The molecule has 2 aromatic heterocycles. The highest BCUT2D eigenvalue weighted by atomic mass is 16.2. The molecule has 0 radical (unpaired) electrons. The number of pyridine rings is 1. The molecule has 4 rings (SSSR count). The van der Waals surface area contributed by atoms with Gasteiger partial charge in [0.25, 0.3) is 0 Å². The second-order valence-corrected chi connectivity index (χ2v) is 8.48.